The van der Waals surface area contributed by atoms with Crippen LogP contribution in [0.4, 0.5) is 0 Å². The molecule has 0 aliphatic rings. The number of carbonyl (C=O) groups excluding carboxylic acids is 1. The maximum atomic E-state index is 11.2. The van der Waals surface area contributed by atoms with E-state index >= 15 is 0 Å². The molecule has 0 atom stereocenters. The molecule has 4 heteroatoms. The minimum absolute atomic E-state index is 0.0300. The summed E-state index contributed by atoms with van der Waals surface area (Å²) in [7, 11) is 3.60. The molecule has 3 nitrogen and oxygen atoms in total. The van der Waals surface area contributed by atoms with Crippen LogP contribution in [-0.2, 0) is 11.2 Å². The van der Waals surface area contributed by atoms with Gasteiger partial charge < -0.3 is 0 Å². The third-order valence-electron chi connectivity index (χ3n) is 1.26. The van der Waals surface area contributed by atoms with Crippen molar-refractivity contribution in [3.63, 3.8) is 0 Å². The molecule has 0 aliphatic heterocycles. The second-order valence-corrected chi connectivity index (χ2v) is 3.72. The van der Waals surface area contributed by atoms with Crippen LogP contribution in [0.15, 0.2) is 17.5 Å². The van der Waals surface area contributed by atoms with Crippen LogP contribution in [0, 0.1) is 0 Å². The van der Waals surface area contributed by atoms with Gasteiger partial charge in [0.05, 0.1) is 6.42 Å². The number of nitrogens with zero attached hydrogens (tertiary/aromatic N) is 1. The van der Waals surface area contributed by atoms with Gasteiger partial charge >= 0.3 is 0 Å². The summed E-state index contributed by atoms with van der Waals surface area (Å²) in [6.07, 6.45) is 0.468. The van der Waals surface area contributed by atoms with Gasteiger partial charge in [0.25, 0.3) is 0 Å². The predicted molar refractivity (Wildman–Crippen MR) is 49.9 cm³/mol. The molecule has 1 heterocycles. The highest BCUT2D eigenvalue weighted by molar-refractivity contribution is 7.10. The number of amides is 1. The van der Waals surface area contributed by atoms with Crippen LogP contribution >= 0.6 is 11.3 Å². The van der Waals surface area contributed by atoms with Crippen molar-refractivity contribution < 1.29 is 4.79 Å². The Kier molecular flexibility index (Phi) is 3.25. The van der Waals surface area contributed by atoms with Gasteiger partial charge in [-0.05, 0) is 11.4 Å². The van der Waals surface area contributed by atoms with Gasteiger partial charge in [-0.2, -0.15) is 0 Å². The third-order valence-corrected chi connectivity index (χ3v) is 2.14. The van der Waals surface area contributed by atoms with Crippen molar-refractivity contribution in [2.24, 2.45) is 0 Å². The van der Waals surface area contributed by atoms with Crippen LogP contribution in [0.2, 0.25) is 0 Å². The highest BCUT2D eigenvalue weighted by Crippen LogP contribution is 2.08. The topological polar surface area (TPSA) is 32.3 Å². The Labute approximate surface area is 76.0 Å². The monoisotopic (exact) mass is 184 g/mol. The molecule has 0 aliphatic carbocycles. The van der Waals surface area contributed by atoms with Crippen molar-refractivity contribution >= 4 is 17.2 Å². The number of rotatable bonds is 3. The van der Waals surface area contributed by atoms with Crippen LogP contribution in [0.25, 0.3) is 0 Å². The fourth-order valence-corrected chi connectivity index (χ4v) is 1.56. The molecule has 0 fully saturated rings. The first-order valence-corrected chi connectivity index (χ1v) is 4.55. The molecule has 1 rings (SSSR count). The van der Waals surface area contributed by atoms with E-state index in [2.05, 4.69) is 5.43 Å². The number of carbonyl (C=O) groups is 1. The highest BCUT2D eigenvalue weighted by Gasteiger charge is 2.03. The molecule has 0 saturated carbocycles. The van der Waals surface area contributed by atoms with E-state index in [-0.39, 0.29) is 5.91 Å². The van der Waals surface area contributed by atoms with E-state index in [0.717, 1.165) is 4.88 Å². The average molecular weight is 184 g/mol. The summed E-state index contributed by atoms with van der Waals surface area (Å²) in [6.45, 7) is 0. The van der Waals surface area contributed by atoms with Crippen molar-refractivity contribution in [1.29, 1.82) is 0 Å². The summed E-state index contributed by atoms with van der Waals surface area (Å²) in [5.41, 5.74) is 2.68. The minimum atomic E-state index is 0.0300. The third kappa shape index (κ3) is 3.02. The lowest BCUT2D eigenvalue weighted by Gasteiger charge is -2.10. The number of hydrogen-bond acceptors (Lipinski definition) is 3. The standard InChI is InChI=1S/C8H12N2OS/c1-10(2)9-8(11)6-7-4-3-5-12-7/h3-5H,6H2,1-2H3,(H,9,11). The molecule has 1 N–H and O–H groups in total. The van der Waals surface area contributed by atoms with E-state index in [1.807, 2.05) is 17.5 Å². The van der Waals surface area contributed by atoms with E-state index in [9.17, 15) is 4.79 Å². The van der Waals surface area contributed by atoms with Gasteiger partial charge in [-0.15, -0.1) is 11.3 Å². The predicted octanol–water partition coefficient (Wildman–Crippen LogP) is 0.883. The second kappa shape index (κ2) is 4.23. The molecule has 1 amide bonds. The Balaban J connectivity index is 2.37. The normalized spacial score (nSPS) is 10.2. The zero-order chi connectivity index (χ0) is 8.97. The minimum Gasteiger partial charge on any atom is -0.289 e. The number of thiophene rings is 1. The molecular weight excluding hydrogens is 172 g/mol. The van der Waals surface area contributed by atoms with Gasteiger partial charge in [0, 0.05) is 19.0 Å². The first kappa shape index (κ1) is 9.22. The van der Waals surface area contributed by atoms with Crippen molar-refractivity contribution in [3.8, 4) is 0 Å². The summed E-state index contributed by atoms with van der Waals surface area (Å²) >= 11 is 1.60. The number of nitrogens with one attached hydrogen (secondary N) is 1. The first-order valence-electron chi connectivity index (χ1n) is 3.67. The molecule has 0 radical (unpaired) electrons. The fourth-order valence-electron chi connectivity index (χ4n) is 0.860. The van der Waals surface area contributed by atoms with Gasteiger partial charge in [-0.3, -0.25) is 10.2 Å². The SMILES string of the molecule is CN(C)NC(=O)Cc1cccs1. The summed E-state index contributed by atoms with van der Waals surface area (Å²) in [5, 5.41) is 3.62. The summed E-state index contributed by atoms with van der Waals surface area (Å²) in [5.74, 6) is 0.0300. The van der Waals surface area contributed by atoms with Crippen LogP contribution in [0.3, 0.4) is 0 Å². The molecule has 0 aromatic carbocycles. The Morgan fingerprint density at radius 1 is 1.67 bits per heavy atom. The van der Waals surface area contributed by atoms with Gasteiger partial charge in [0.15, 0.2) is 0 Å². The summed E-state index contributed by atoms with van der Waals surface area (Å²) in [4.78, 5) is 12.3. The Morgan fingerprint density at radius 3 is 2.92 bits per heavy atom. The number of hydrazine groups is 1. The van der Waals surface area contributed by atoms with E-state index in [1.54, 1.807) is 30.4 Å². The molecule has 0 saturated heterocycles. The lowest BCUT2D eigenvalue weighted by Crippen LogP contribution is -2.36. The van der Waals surface area contributed by atoms with Gasteiger partial charge in [0.1, 0.15) is 0 Å². The first-order chi connectivity index (χ1) is 5.68. The van der Waals surface area contributed by atoms with Crippen LogP contribution in [-0.4, -0.2) is 25.0 Å². The fraction of sp³-hybridized carbons (Fsp3) is 0.375. The molecule has 66 valence electrons. The molecule has 1 aromatic rings. The Morgan fingerprint density at radius 2 is 2.42 bits per heavy atom. The molecule has 12 heavy (non-hydrogen) atoms. The van der Waals surface area contributed by atoms with Gasteiger partial charge in [-0.25, -0.2) is 5.01 Å². The molecule has 0 spiro atoms. The zero-order valence-corrected chi connectivity index (χ0v) is 8.02. The van der Waals surface area contributed by atoms with Crippen molar-refractivity contribution in [1.82, 2.24) is 10.4 Å². The average Bonchev–Trinajstić information content (AvgIpc) is 2.37. The van der Waals surface area contributed by atoms with Crippen molar-refractivity contribution in [3.05, 3.63) is 22.4 Å². The van der Waals surface area contributed by atoms with E-state index < -0.39 is 0 Å². The smallest absolute Gasteiger partial charge is 0.239 e. The maximum absolute atomic E-state index is 11.2. The highest BCUT2D eigenvalue weighted by atomic mass is 32.1. The quantitative estimate of drug-likeness (QED) is 0.707. The van der Waals surface area contributed by atoms with Gasteiger partial charge in [0.2, 0.25) is 5.91 Å². The van der Waals surface area contributed by atoms with E-state index in [4.69, 9.17) is 0 Å². The van der Waals surface area contributed by atoms with Crippen molar-refractivity contribution in [2.45, 2.75) is 6.42 Å². The molecule has 0 unspecified atom stereocenters. The number of hydrogen-bond donors (Lipinski definition) is 1. The van der Waals surface area contributed by atoms with Crippen LogP contribution < -0.4 is 5.43 Å². The molecule has 1 aromatic heterocycles. The molecule has 0 bridgehead atoms. The van der Waals surface area contributed by atoms with Crippen LogP contribution in [0.5, 0.6) is 0 Å². The van der Waals surface area contributed by atoms with Crippen molar-refractivity contribution in [2.75, 3.05) is 14.1 Å². The summed E-state index contributed by atoms with van der Waals surface area (Å²) in [6, 6.07) is 3.91. The lowest BCUT2D eigenvalue weighted by molar-refractivity contribution is -0.124. The molecular formula is C8H12N2OS. The second-order valence-electron chi connectivity index (χ2n) is 2.69. The Hall–Kier alpha value is -0.870. The largest absolute Gasteiger partial charge is 0.289 e. The van der Waals surface area contributed by atoms with E-state index in [0.29, 0.717) is 6.42 Å². The van der Waals surface area contributed by atoms with E-state index in [1.165, 1.54) is 0 Å². The lowest BCUT2D eigenvalue weighted by atomic mass is 10.3. The zero-order valence-electron chi connectivity index (χ0n) is 7.20. The van der Waals surface area contributed by atoms with Crippen LogP contribution in [0.1, 0.15) is 4.88 Å². The van der Waals surface area contributed by atoms with Gasteiger partial charge in [-0.1, -0.05) is 6.07 Å². The Bertz CT molecular complexity index is 244. The maximum Gasteiger partial charge on any atom is 0.239 e. The summed E-state index contributed by atoms with van der Waals surface area (Å²) < 4.78 is 0.